The van der Waals surface area contributed by atoms with Crippen molar-refractivity contribution < 1.29 is 29.2 Å². The molecule has 2 N–H and O–H groups in total. The van der Waals surface area contributed by atoms with Gasteiger partial charge in [0, 0.05) is 19.8 Å². The van der Waals surface area contributed by atoms with Crippen LogP contribution >= 0.6 is 0 Å². The molecule has 1 fully saturated rings. The van der Waals surface area contributed by atoms with Crippen LogP contribution in [-0.4, -0.2) is 60.9 Å². The first-order valence-corrected chi connectivity index (χ1v) is 6.02. The van der Waals surface area contributed by atoms with E-state index in [0.29, 0.717) is 19.8 Å². The molecule has 4 atom stereocenters. The summed E-state index contributed by atoms with van der Waals surface area (Å²) in [6.45, 7) is 6.75. The van der Waals surface area contributed by atoms with E-state index in [1.54, 1.807) is 0 Å². The van der Waals surface area contributed by atoms with Gasteiger partial charge < -0.3 is 29.2 Å². The first kappa shape index (κ1) is 14.8. The van der Waals surface area contributed by atoms with Crippen molar-refractivity contribution >= 4 is 0 Å². The lowest BCUT2D eigenvalue weighted by Crippen LogP contribution is -2.60. The van der Waals surface area contributed by atoms with Gasteiger partial charge in [0.25, 0.3) is 0 Å². The molecule has 4 unspecified atom stereocenters. The quantitative estimate of drug-likeness (QED) is 0.683. The van der Waals surface area contributed by atoms with Crippen LogP contribution in [0.25, 0.3) is 0 Å². The Morgan fingerprint density at radius 3 is 1.47 bits per heavy atom. The molecular weight excluding hydrogens is 228 g/mol. The molecule has 6 nitrogen and oxygen atoms in total. The normalized spacial score (nSPS) is 38.3. The summed E-state index contributed by atoms with van der Waals surface area (Å²) in [5.74, 6) is 0. The number of aliphatic hydroxyl groups is 2. The molecule has 0 aliphatic carbocycles. The van der Waals surface area contributed by atoms with E-state index in [0.717, 1.165) is 0 Å². The lowest BCUT2D eigenvalue weighted by molar-refractivity contribution is -0.346. The van der Waals surface area contributed by atoms with Crippen molar-refractivity contribution in [1.82, 2.24) is 0 Å². The van der Waals surface area contributed by atoms with Crippen molar-refractivity contribution in [3.05, 3.63) is 0 Å². The van der Waals surface area contributed by atoms with E-state index >= 15 is 0 Å². The smallest absolute Gasteiger partial charge is 0.187 e. The molecule has 0 amide bonds. The molecule has 1 aliphatic rings. The minimum atomic E-state index is -1.21. The molecule has 6 heteroatoms. The second-order valence-corrected chi connectivity index (χ2v) is 3.68. The van der Waals surface area contributed by atoms with Crippen LogP contribution in [0.15, 0.2) is 0 Å². The maximum absolute atomic E-state index is 9.71. The molecule has 17 heavy (non-hydrogen) atoms. The molecule has 0 aromatic carbocycles. The van der Waals surface area contributed by atoms with E-state index in [-0.39, 0.29) is 0 Å². The predicted octanol–water partition coefficient (Wildman–Crippen LogP) is -0.131. The van der Waals surface area contributed by atoms with Crippen LogP contribution in [0, 0.1) is 0 Å². The second kappa shape index (κ2) is 7.25. The molecular formula is C11H22O6. The fourth-order valence-electron chi connectivity index (χ4n) is 1.93. The van der Waals surface area contributed by atoms with E-state index < -0.39 is 30.9 Å². The molecule has 1 heterocycles. The molecule has 0 saturated carbocycles. The Morgan fingerprint density at radius 1 is 0.765 bits per heavy atom. The molecule has 0 radical (unpaired) electrons. The fourth-order valence-corrected chi connectivity index (χ4v) is 1.93. The predicted molar refractivity (Wildman–Crippen MR) is 59.3 cm³/mol. The van der Waals surface area contributed by atoms with Crippen molar-refractivity contribution in [2.45, 2.75) is 51.7 Å². The van der Waals surface area contributed by atoms with Gasteiger partial charge in [-0.05, 0) is 20.8 Å². The van der Waals surface area contributed by atoms with E-state index in [4.69, 9.17) is 18.9 Å². The van der Waals surface area contributed by atoms with Crippen LogP contribution in [0.4, 0.5) is 0 Å². The SMILES string of the molecule is CCOC1C(O)OC(O)C(OCC)C1OCC. The summed E-state index contributed by atoms with van der Waals surface area (Å²) in [5.41, 5.74) is 0. The topological polar surface area (TPSA) is 77.4 Å². The van der Waals surface area contributed by atoms with Gasteiger partial charge >= 0.3 is 0 Å². The standard InChI is InChI=1S/C11H22O6/c1-4-14-7-8(15-5-2)10(12)17-11(13)9(7)16-6-3/h7-13H,4-6H2,1-3H3. The molecule has 0 aromatic rings. The first-order chi connectivity index (χ1) is 8.15. The van der Waals surface area contributed by atoms with Gasteiger partial charge in [0.1, 0.15) is 18.3 Å². The van der Waals surface area contributed by atoms with Crippen molar-refractivity contribution in [2.75, 3.05) is 19.8 Å². The average molecular weight is 250 g/mol. The number of rotatable bonds is 6. The Hall–Kier alpha value is -0.240. The van der Waals surface area contributed by atoms with Crippen LogP contribution in [0.1, 0.15) is 20.8 Å². The van der Waals surface area contributed by atoms with Crippen LogP contribution in [0.2, 0.25) is 0 Å². The second-order valence-electron chi connectivity index (χ2n) is 3.68. The monoisotopic (exact) mass is 250 g/mol. The van der Waals surface area contributed by atoms with Gasteiger partial charge in [-0.25, -0.2) is 0 Å². The van der Waals surface area contributed by atoms with E-state index in [1.807, 2.05) is 20.8 Å². The minimum Gasteiger partial charge on any atom is -0.373 e. The Morgan fingerprint density at radius 2 is 1.12 bits per heavy atom. The van der Waals surface area contributed by atoms with Crippen LogP contribution in [-0.2, 0) is 18.9 Å². The summed E-state index contributed by atoms with van der Waals surface area (Å²) >= 11 is 0. The number of aliphatic hydroxyl groups excluding tert-OH is 2. The van der Waals surface area contributed by atoms with Gasteiger partial charge in [0.2, 0.25) is 0 Å². The lowest BCUT2D eigenvalue weighted by Gasteiger charge is -2.42. The largest absolute Gasteiger partial charge is 0.373 e. The number of hydrogen-bond acceptors (Lipinski definition) is 6. The number of hydrogen-bond donors (Lipinski definition) is 2. The summed E-state index contributed by atoms with van der Waals surface area (Å²) in [4.78, 5) is 0. The summed E-state index contributed by atoms with van der Waals surface area (Å²) in [7, 11) is 0. The highest BCUT2D eigenvalue weighted by Gasteiger charge is 2.46. The number of ether oxygens (including phenoxy) is 4. The zero-order valence-electron chi connectivity index (χ0n) is 10.5. The van der Waals surface area contributed by atoms with Gasteiger partial charge in [0.05, 0.1) is 0 Å². The molecule has 1 saturated heterocycles. The maximum atomic E-state index is 9.71. The third-order valence-electron chi connectivity index (χ3n) is 2.57. The van der Waals surface area contributed by atoms with E-state index in [1.165, 1.54) is 0 Å². The molecule has 0 spiro atoms. The Kier molecular flexibility index (Phi) is 6.32. The molecule has 0 bridgehead atoms. The van der Waals surface area contributed by atoms with Crippen molar-refractivity contribution in [2.24, 2.45) is 0 Å². The van der Waals surface area contributed by atoms with Crippen molar-refractivity contribution in [3.63, 3.8) is 0 Å². The first-order valence-electron chi connectivity index (χ1n) is 6.02. The van der Waals surface area contributed by atoms with Crippen LogP contribution < -0.4 is 0 Å². The Labute approximate surface area is 101 Å². The van der Waals surface area contributed by atoms with Gasteiger partial charge in [-0.2, -0.15) is 0 Å². The van der Waals surface area contributed by atoms with E-state index in [9.17, 15) is 10.2 Å². The molecule has 1 rings (SSSR count). The maximum Gasteiger partial charge on any atom is 0.187 e. The van der Waals surface area contributed by atoms with Crippen LogP contribution in [0.5, 0.6) is 0 Å². The summed E-state index contributed by atoms with van der Waals surface area (Å²) in [5, 5.41) is 19.4. The van der Waals surface area contributed by atoms with Gasteiger partial charge in [-0.3, -0.25) is 0 Å². The van der Waals surface area contributed by atoms with Gasteiger partial charge in [-0.15, -0.1) is 0 Å². The summed E-state index contributed by atoms with van der Waals surface area (Å²) in [6.07, 6.45) is -4.27. The highest BCUT2D eigenvalue weighted by molar-refractivity contribution is 4.88. The Bertz CT molecular complexity index is 194. The third-order valence-corrected chi connectivity index (χ3v) is 2.57. The highest BCUT2D eigenvalue weighted by atomic mass is 16.7. The highest BCUT2D eigenvalue weighted by Crippen LogP contribution is 2.25. The van der Waals surface area contributed by atoms with Crippen molar-refractivity contribution in [1.29, 1.82) is 0 Å². The molecule has 102 valence electrons. The molecule has 1 aliphatic heterocycles. The van der Waals surface area contributed by atoms with Gasteiger partial charge in [-0.1, -0.05) is 0 Å². The summed E-state index contributed by atoms with van der Waals surface area (Å²) in [6, 6.07) is 0. The average Bonchev–Trinajstić information content (AvgIpc) is 2.29. The molecule has 0 aromatic heterocycles. The van der Waals surface area contributed by atoms with Crippen molar-refractivity contribution in [3.8, 4) is 0 Å². The summed E-state index contributed by atoms with van der Waals surface area (Å²) < 4.78 is 21.3. The fraction of sp³-hybridized carbons (Fsp3) is 1.00. The Balaban J connectivity index is 2.78. The zero-order chi connectivity index (χ0) is 12.8. The van der Waals surface area contributed by atoms with E-state index in [2.05, 4.69) is 0 Å². The lowest BCUT2D eigenvalue weighted by atomic mass is 10.0. The van der Waals surface area contributed by atoms with Crippen LogP contribution in [0.3, 0.4) is 0 Å². The minimum absolute atomic E-state index is 0.420. The zero-order valence-corrected chi connectivity index (χ0v) is 10.5. The van der Waals surface area contributed by atoms with Gasteiger partial charge in [0.15, 0.2) is 12.6 Å². The third kappa shape index (κ3) is 3.61.